The minimum atomic E-state index is -4.70. The van der Waals surface area contributed by atoms with Crippen LogP contribution in [0.15, 0.2) is 42.7 Å². The molecule has 0 spiro atoms. The van der Waals surface area contributed by atoms with Gasteiger partial charge in [0.15, 0.2) is 0 Å². The van der Waals surface area contributed by atoms with Crippen LogP contribution >= 0.6 is 0 Å². The maximum atomic E-state index is 13.6. The van der Waals surface area contributed by atoms with Crippen molar-refractivity contribution in [1.29, 1.82) is 0 Å². The van der Waals surface area contributed by atoms with E-state index in [1.54, 1.807) is 18.2 Å². The lowest BCUT2D eigenvalue weighted by Gasteiger charge is -2.20. The van der Waals surface area contributed by atoms with Crippen LogP contribution in [-0.2, 0) is 22.7 Å². The van der Waals surface area contributed by atoms with Gasteiger partial charge in [-0.1, -0.05) is 6.07 Å². The molecule has 4 rings (SSSR count). The molecule has 0 bridgehead atoms. The summed E-state index contributed by atoms with van der Waals surface area (Å²) in [5.74, 6) is -0.389. The first-order valence-electron chi connectivity index (χ1n) is 10.4. The fourth-order valence-electron chi connectivity index (χ4n) is 3.46. The fraction of sp³-hybridized carbons (Fsp3) is 0.286. The average molecular weight is 509 g/mol. The lowest BCUT2D eigenvalue weighted by Crippen LogP contribution is -2.27. The molecule has 1 aliphatic heterocycles. The van der Waals surface area contributed by atoms with Gasteiger partial charge >= 0.3 is 6.18 Å². The molecule has 0 fully saturated rings. The molecule has 0 atom stereocenters. The van der Waals surface area contributed by atoms with E-state index in [0.29, 0.717) is 24.1 Å². The van der Waals surface area contributed by atoms with E-state index in [1.807, 2.05) is 24.1 Å². The van der Waals surface area contributed by atoms with Crippen molar-refractivity contribution in [3.63, 3.8) is 0 Å². The van der Waals surface area contributed by atoms with Crippen LogP contribution in [0.1, 0.15) is 11.1 Å². The number of hydrogen-bond donors (Lipinski definition) is 3. The molecule has 3 heterocycles. The van der Waals surface area contributed by atoms with Gasteiger partial charge in [0, 0.05) is 44.3 Å². The van der Waals surface area contributed by atoms with Crippen LogP contribution in [0, 0.1) is 0 Å². The number of fused-ring (bicyclic) bond motifs is 1. The third kappa shape index (κ3) is 5.31. The van der Waals surface area contributed by atoms with Crippen LogP contribution in [-0.4, -0.2) is 50.4 Å². The summed E-state index contributed by atoms with van der Waals surface area (Å²) in [5.41, 5.74) is 1.80. The van der Waals surface area contributed by atoms with Gasteiger partial charge in [0.05, 0.1) is 24.3 Å². The lowest BCUT2D eigenvalue weighted by atomic mass is 10.2. The molecule has 2 aromatic heterocycles. The van der Waals surface area contributed by atoms with E-state index in [2.05, 4.69) is 30.9 Å². The van der Waals surface area contributed by atoms with Crippen molar-refractivity contribution >= 4 is 44.7 Å². The number of sulfonamides is 1. The molecule has 0 amide bonds. The highest BCUT2D eigenvalue weighted by Crippen LogP contribution is 2.36. The Kier molecular flexibility index (Phi) is 6.32. The van der Waals surface area contributed by atoms with E-state index in [1.165, 1.54) is 13.2 Å². The topological polar surface area (TPSA) is 115 Å². The number of alkyl halides is 3. The van der Waals surface area contributed by atoms with Crippen molar-refractivity contribution in [2.75, 3.05) is 52.2 Å². The van der Waals surface area contributed by atoms with Crippen molar-refractivity contribution in [3.05, 3.63) is 53.9 Å². The van der Waals surface area contributed by atoms with Gasteiger partial charge in [0.25, 0.3) is 0 Å². The fourth-order valence-corrected chi connectivity index (χ4v) is 3.94. The van der Waals surface area contributed by atoms with Crippen LogP contribution in [0.4, 0.5) is 47.8 Å². The minimum Gasteiger partial charge on any atom is -0.366 e. The number of anilines is 6. The number of rotatable bonds is 7. The van der Waals surface area contributed by atoms with E-state index in [-0.39, 0.29) is 18.3 Å². The zero-order valence-corrected chi connectivity index (χ0v) is 19.9. The second-order valence-electron chi connectivity index (χ2n) is 7.91. The van der Waals surface area contributed by atoms with Crippen LogP contribution in [0.25, 0.3) is 0 Å². The summed E-state index contributed by atoms with van der Waals surface area (Å²) in [4.78, 5) is 13.9. The Labute approximate surface area is 200 Å². The quantitative estimate of drug-likeness (QED) is 0.441. The Morgan fingerprint density at radius 3 is 2.71 bits per heavy atom. The van der Waals surface area contributed by atoms with Crippen molar-refractivity contribution < 1.29 is 21.6 Å². The molecule has 1 aliphatic rings. The largest absolute Gasteiger partial charge is 0.421 e. The minimum absolute atomic E-state index is 0.0336. The molecule has 3 aromatic rings. The molecule has 1 aromatic carbocycles. The van der Waals surface area contributed by atoms with E-state index < -0.39 is 27.6 Å². The Morgan fingerprint density at radius 2 is 2.00 bits per heavy atom. The number of nitrogens with zero attached hydrogens (tertiary/aromatic N) is 5. The van der Waals surface area contributed by atoms with E-state index in [4.69, 9.17) is 0 Å². The number of nitrogens with one attached hydrogen (secondary N) is 3. The van der Waals surface area contributed by atoms with Gasteiger partial charge in [-0.05, 0) is 24.3 Å². The molecular weight excluding hydrogens is 485 g/mol. The summed E-state index contributed by atoms with van der Waals surface area (Å²) in [7, 11) is -0.395. The highest BCUT2D eigenvalue weighted by atomic mass is 32.2. The van der Waals surface area contributed by atoms with Gasteiger partial charge in [-0.3, -0.25) is 4.31 Å². The molecule has 14 heteroatoms. The maximum Gasteiger partial charge on any atom is 0.421 e. The summed E-state index contributed by atoms with van der Waals surface area (Å²) in [6, 6.07) is 8.59. The second kappa shape index (κ2) is 9.09. The van der Waals surface area contributed by atoms with Crippen LogP contribution in [0.3, 0.4) is 0 Å². The Bertz CT molecular complexity index is 1350. The van der Waals surface area contributed by atoms with Crippen LogP contribution in [0.2, 0.25) is 0 Å². The molecular formula is C21H23F3N8O2S. The zero-order valence-electron chi connectivity index (χ0n) is 19.1. The van der Waals surface area contributed by atoms with Gasteiger partial charge in [0.2, 0.25) is 16.0 Å². The SMILES string of the molecule is CN1CNc2ccc(Nc3ncc(C(F)(F)F)c(NCc4cccnc4N(C)S(C)(=O)=O)n3)cc21. The summed E-state index contributed by atoms with van der Waals surface area (Å²) in [5, 5.41) is 8.82. The Hall–Kier alpha value is -3.81. The van der Waals surface area contributed by atoms with E-state index in [0.717, 1.165) is 21.9 Å². The smallest absolute Gasteiger partial charge is 0.366 e. The monoisotopic (exact) mass is 508 g/mol. The molecule has 0 aliphatic carbocycles. The number of benzene rings is 1. The second-order valence-corrected chi connectivity index (χ2v) is 9.93. The third-order valence-electron chi connectivity index (χ3n) is 5.38. The maximum absolute atomic E-state index is 13.6. The van der Waals surface area contributed by atoms with Crippen LogP contribution < -0.4 is 25.2 Å². The molecule has 186 valence electrons. The number of halogens is 3. The summed E-state index contributed by atoms with van der Waals surface area (Å²) in [6.45, 7) is 0.492. The third-order valence-corrected chi connectivity index (χ3v) is 6.54. The molecule has 35 heavy (non-hydrogen) atoms. The van der Waals surface area contributed by atoms with Crippen molar-refractivity contribution in [2.45, 2.75) is 12.7 Å². The molecule has 0 saturated heterocycles. The molecule has 0 saturated carbocycles. The predicted octanol–water partition coefficient (Wildman–Crippen LogP) is 3.46. The Morgan fingerprint density at radius 1 is 1.23 bits per heavy atom. The molecule has 10 nitrogen and oxygen atoms in total. The van der Waals surface area contributed by atoms with Gasteiger partial charge in [0.1, 0.15) is 17.2 Å². The van der Waals surface area contributed by atoms with Crippen molar-refractivity contribution in [3.8, 4) is 0 Å². The van der Waals surface area contributed by atoms with Gasteiger partial charge in [-0.2, -0.15) is 18.2 Å². The summed E-state index contributed by atoms with van der Waals surface area (Å²) < 4.78 is 65.7. The zero-order chi connectivity index (χ0) is 25.4. The first-order valence-corrected chi connectivity index (χ1v) is 12.2. The van der Waals surface area contributed by atoms with Crippen molar-refractivity contribution in [1.82, 2.24) is 15.0 Å². The molecule has 0 unspecified atom stereocenters. The number of hydrogen-bond acceptors (Lipinski definition) is 9. The standard InChI is InChI=1S/C21H23F3N8O2S/c1-31-12-28-16-7-6-14(9-17(16)31)29-20-27-11-15(21(22,23)24)18(30-20)26-10-13-5-4-8-25-19(13)32(2)35(3,33)34/h4-9,11,28H,10,12H2,1-3H3,(H2,26,27,29,30). The summed E-state index contributed by atoms with van der Waals surface area (Å²) in [6.07, 6.45) is -1.59. The highest BCUT2D eigenvalue weighted by Gasteiger charge is 2.35. The number of pyridine rings is 1. The molecule has 3 N–H and O–H groups in total. The van der Waals surface area contributed by atoms with E-state index >= 15 is 0 Å². The highest BCUT2D eigenvalue weighted by molar-refractivity contribution is 7.92. The summed E-state index contributed by atoms with van der Waals surface area (Å²) >= 11 is 0. The average Bonchev–Trinajstić information content (AvgIpc) is 3.16. The van der Waals surface area contributed by atoms with Gasteiger partial charge in [-0.15, -0.1) is 0 Å². The van der Waals surface area contributed by atoms with E-state index in [9.17, 15) is 21.6 Å². The van der Waals surface area contributed by atoms with Gasteiger partial charge in [-0.25, -0.2) is 18.4 Å². The van der Waals surface area contributed by atoms with Gasteiger partial charge < -0.3 is 20.9 Å². The lowest BCUT2D eigenvalue weighted by molar-refractivity contribution is -0.137. The van der Waals surface area contributed by atoms with Crippen molar-refractivity contribution in [2.24, 2.45) is 0 Å². The first-order chi connectivity index (χ1) is 16.4. The first kappa shape index (κ1) is 24.3. The van der Waals surface area contributed by atoms with Crippen LogP contribution in [0.5, 0.6) is 0 Å². The Balaban J connectivity index is 1.61. The molecule has 0 radical (unpaired) electrons. The predicted molar refractivity (Wildman–Crippen MR) is 128 cm³/mol. The number of aromatic nitrogens is 3. The normalized spacial score (nSPS) is 13.3.